The quantitative estimate of drug-likeness (QED) is 0.845. The molecule has 2 saturated heterocycles. The molecular formula is C17H23F3N2O. The van der Waals surface area contributed by atoms with E-state index >= 15 is 0 Å². The van der Waals surface area contributed by atoms with Crippen molar-refractivity contribution in [2.45, 2.75) is 31.1 Å². The summed E-state index contributed by atoms with van der Waals surface area (Å²) in [5.74, 6) is 0. The van der Waals surface area contributed by atoms with Crippen LogP contribution < -0.4 is 0 Å². The molecular weight excluding hydrogens is 305 g/mol. The zero-order valence-electron chi connectivity index (χ0n) is 13.2. The second-order valence-corrected chi connectivity index (χ2v) is 6.43. The predicted molar refractivity (Wildman–Crippen MR) is 82.1 cm³/mol. The summed E-state index contributed by atoms with van der Waals surface area (Å²) in [5.41, 5.74) is -0.801. The molecule has 128 valence electrons. The largest absolute Gasteiger partial charge is 0.408 e. The van der Waals surface area contributed by atoms with Gasteiger partial charge in [0, 0.05) is 26.2 Å². The van der Waals surface area contributed by atoms with Gasteiger partial charge in [0.15, 0.2) is 0 Å². The van der Waals surface area contributed by atoms with Crippen molar-refractivity contribution in [1.82, 2.24) is 9.80 Å². The number of nitrogens with zero attached hydrogens (tertiary/aromatic N) is 2. The Hall–Kier alpha value is -1.11. The molecule has 1 aromatic carbocycles. The third kappa shape index (κ3) is 3.54. The van der Waals surface area contributed by atoms with E-state index in [4.69, 9.17) is 4.74 Å². The van der Waals surface area contributed by atoms with E-state index < -0.39 is 11.7 Å². The zero-order chi connectivity index (χ0) is 16.3. The molecule has 0 aliphatic carbocycles. The Morgan fingerprint density at radius 2 is 1.74 bits per heavy atom. The van der Waals surface area contributed by atoms with E-state index in [1.807, 2.05) is 35.2 Å². The molecule has 0 aromatic heterocycles. The maximum absolute atomic E-state index is 14.0. The molecule has 0 bridgehead atoms. The first-order chi connectivity index (χ1) is 11.0. The van der Waals surface area contributed by atoms with Crippen LogP contribution in [0.2, 0.25) is 0 Å². The number of hydrogen-bond acceptors (Lipinski definition) is 3. The third-order valence-electron chi connectivity index (χ3n) is 4.96. The SMILES string of the molecule is FC(F)(F)C1(CN2CCOCC2)CCCN1Cc1ccccc1. The number of rotatable bonds is 4. The summed E-state index contributed by atoms with van der Waals surface area (Å²) < 4.78 is 47.3. The fourth-order valence-corrected chi connectivity index (χ4v) is 3.69. The van der Waals surface area contributed by atoms with Crippen LogP contribution in [0.5, 0.6) is 0 Å². The fraction of sp³-hybridized carbons (Fsp3) is 0.647. The topological polar surface area (TPSA) is 15.7 Å². The summed E-state index contributed by atoms with van der Waals surface area (Å²) >= 11 is 0. The number of hydrogen-bond donors (Lipinski definition) is 0. The van der Waals surface area contributed by atoms with Crippen LogP contribution in [0.15, 0.2) is 30.3 Å². The number of benzene rings is 1. The standard InChI is InChI=1S/C17H23F3N2O/c18-17(19,20)16(14-21-9-11-23-12-10-21)7-4-8-22(16)13-15-5-2-1-3-6-15/h1-3,5-6H,4,7-14H2. The van der Waals surface area contributed by atoms with E-state index in [1.54, 1.807) is 4.90 Å². The van der Waals surface area contributed by atoms with Gasteiger partial charge in [-0.1, -0.05) is 30.3 Å². The van der Waals surface area contributed by atoms with Crippen molar-refractivity contribution in [3.8, 4) is 0 Å². The average Bonchev–Trinajstić information content (AvgIpc) is 2.93. The van der Waals surface area contributed by atoms with Crippen LogP contribution in [0.25, 0.3) is 0 Å². The summed E-state index contributed by atoms with van der Waals surface area (Å²) in [6, 6.07) is 9.44. The van der Waals surface area contributed by atoms with Gasteiger partial charge in [-0.05, 0) is 24.9 Å². The Balaban J connectivity index is 1.81. The molecule has 0 spiro atoms. The zero-order valence-corrected chi connectivity index (χ0v) is 13.2. The van der Waals surface area contributed by atoms with E-state index in [9.17, 15) is 13.2 Å². The molecule has 23 heavy (non-hydrogen) atoms. The molecule has 1 atom stereocenters. The highest BCUT2D eigenvalue weighted by molar-refractivity contribution is 5.16. The lowest BCUT2D eigenvalue weighted by Crippen LogP contribution is -2.62. The summed E-state index contributed by atoms with van der Waals surface area (Å²) in [6.07, 6.45) is -3.45. The van der Waals surface area contributed by atoms with Crippen molar-refractivity contribution in [2.75, 3.05) is 39.4 Å². The van der Waals surface area contributed by atoms with Gasteiger partial charge < -0.3 is 4.74 Å². The van der Waals surface area contributed by atoms with Gasteiger partial charge in [-0.2, -0.15) is 13.2 Å². The van der Waals surface area contributed by atoms with Crippen molar-refractivity contribution in [3.05, 3.63) is 35.9 Å². The van der Waals surface area contributed by atoms with E-state index in [2.05, 4.69) is 0 Å². The highest BCUT2D eigenvalue weighted by atomic mass is 19.4. The highest BCUT2D eigenvalue weighted by Gasteiger charge is 2.60. The van der Waals surface area contributed by atoms with Crippen molar-refractivity contribution in [1.29, 1.82) is 0 Å². The van der Waals surface area contributed by atoms with Gasteiger partial charge in [0.05, 0.1) is 13.2 Å². The first-order valence-corrected chi connectivity index (χ1v) is 8.17. The minimum Gasteiger partial charge on any atom is -0.379 e. The van der Waals surface area contributed by atoms with Gasteiger partial charge in [-0.3, -0.25) is 9.80 Å². The second kappa shape index (κ2) is 6.79. The average molecular weight is 328 g/mol. The van der Waals surface area contributed by atoms with Crippen LogP contribution in [-0.4, -0.2) is 60.9 Å². The number of halogens is 3. The van der Waals surface area contributed by atoms with Gasteiger partial charge in [0.25, 0.3) is 0 Å². The molecule has 3 nitrogen and oxygen atoms in total. The number of alkyl halides is 3. The van der Waals surface area contributed by atoms with Crippen molar-refractivity contribution < 1.29 is 17.9 Å². The maximum Gasteiger partial charge on any atom is 0.408 e. The van der Waals surface area contributed by atoms with E-state index in [0.29, 0.717) is 45.8 Å². The number of morpholine rings is 1. The summed E-state index contributed by atoms with van der Waals surface area (Å²) in [4.78, 5) is 3.54. The van der Waals surface area contributed by atoms with Crippen LogP contribution in [0.3, 0.4) is 0 Å². The second-order valence-electron chi connectivity index (χ2n) is 6.43. The van der Waals surface area contributed by atoms with Gasteiger partial charge in [0.1, 0.15) is 5.54 Å². The van der Waals surface area contributed by atoms with E-state index in [-0.39, 0.29) is 13.0 Å². The highest BCUT2D eigenvalue weighted by Crippen LogP contribution is 2.44. The smallest absolute Gasteiger partial charge is 0.379 e. The Morgan fingerprint density at radius 3 is 2.39 bits per heavy atom. The Labute approximate surface area is 135 Å². The molecule has 0 N–H and O–H groups in total. The molecule has 2 heterocycles. The molecule has 2 aliphatic rings. The van der Waals surface area contributed by atoms with Crippen molar-refractivity contribution >= 4 is 0 Å². The van der Waals surface area contributed by atoms with Crippen LogP contribution in [0.4, 0.5) is 13.2 Å². The van der Waals surface area contributed by atoms with Crippen LogP contribution >= 0.6 is 0 Å². The minimum atomic E-state index is -4.23. The van der Waals surface area contributed by atoms with Crippen LogP contribution in [0, 0.1) is 0 Å². The van der Waals surface area contributed by atoms with Crippen molar-refractivity contribution in [2.24, 2.45) is 0 Å². The first-order valence-electron chi connectivity index (χ1n) is 8.17. The third-order valence-corrected chi connectivity index (χ3v) is 4.96. The number of ether oxygens (including phenoxy) is 1. The Kier molecular flexibility index (Phi) is 4.94. The lowest BCUT2D eigenvalue weighted by molar-refractivity contribution is -0.232. The van der Waals surface area contributed by atoms with Gasteiger partial charge in [-0.15, -0.1) is 0 Å². The molecule has 2 aliphatic heterocycles. The molecule has 2 fully saturated rings. The first kappa shape index (κ1) is 16.7. The minimum absolute atomic E-state index is 0.0483. The maximum atomic E-state index is 14.0. The Bertz CT molecular complexity index is 502. The molecule has 3 rings (SSSR count). The van der Waals surface area contributed by atoms with Gasteiger partial charge >= 0.3 is 6.18 Å². The van der Waals surface area contributed by atoms with Crippen molar-refractivity contribution in [3.63, 3.8) is 0 Å². The number of likely N-dealkylation sites (tertiary alicyclic amines) is 1. The normalized spacial score (nSPS) is 27.4. The Morgan fingerprint density at radius 1 is 1.04 bits per heavy atom. The molecule has 1 unspecified atom stereocenters. The predicted octanol–water partition coefficient (Wildman–Crippen LogP) is 2.92. The summed E-state index contributed by atoms with van der Waals surface area (Å²) in [6.45, 7) is 3.10. The molecule has 0 amide bonds. The monoisotopic (exact) mass is 328 g/mol. The lowest BCUT2D eigenvalue weighted by atomic mass is 9.93. The summed E-state index contributed by atoms with van der Waals surface area (Å²) in [5, 5.41) is 0. The van der Waals surface area contributed by atoms with E-state index in [0.717, 1.165) is 5.56 Å². The van der Waals surface area contributed by atoms with Crippen LogP contribution in [0.1, 0.15) is 18.4 Å². The van der Waals surface area contributed by atoms with Gasteiger partial charge in [0.2, 0.25) is 0 Å². The summed E-state index contributed by atoms with van der Waals surface area (Å²) in [7, 11) is 0. The molecule has 1 aromatic rings. The molecule has 0 saturated carbocycles. The van der Waals surface area contributed by atoms with E-state index in [1.165, 1.54) is 0 Å². The van der Waals surface area contributed by atoms with Gasteiger partial charge in [-0.25, -0.2) is 0 Å². The molecule has 6 heteroatoms. The fourth-order valence-electron chi connectivity index (χ4n) is 3.69. The molecule has 0 radical (unpaired) electrons. The lowest BCUT2D eigenvalue weighted by Gasteiger charge is -2.44. The van der Waals surface area contributed by atoms with Crippen LogP contribution in [-0.2, 0) is 11.3 Å².